The Balaban J connectivity index is 2.28. The molecule has 0 aliphatic carbocycles. The van der Waals surface area contributed by atoms with Gasteiger partial charge in [0.1, 0.15) is 12.1 Å². The van der Waals surface area contributed by atoms with Crippen LogP contribution in [0.3, 0.4) is 0 Å². The number of carboxylic acids is 1. The van der Waals surface area contributed by atoms with Gasteiger partial charge in [0.05, 0.1) is 42.2 Å². The van der Waals surface area contributed by atoms with Crippen LogP contribution in [0.25, 0.3) is 0 Å². The van der Waals surface area contributed by atoms with E-state index in [9.17, 15) is 34.2 Å². The van der Waals surface area contributed by atoms with Crippen molar-refractivity contribution in [2.24, 2.45) is 17.8 Å². The van der Waals surface area contributed by atoms with Crippen LogP contribution in [-0.4, -0.2) is 133 Å². The number of aliphatic carboxylic acids is 1. The second-order valence-corrected chi connectivity index (χ2v) is 14.7. The second kappa shape index (κ2) is 20.6. The van der Waals surface area contributed by atoms with Gasteiger partial charge in [-0.1, -0.05) is 64.4 Å². The first kappa shape index (κ1) is 44.6. The zero-order valence-electron chi connectivity index (χ0n) is 32.7. The van der Waals surface area contributed by atoms with Crippen LogP contribution in [0.4, 0.5) is 0 Å². The van der Waals surface area contributed by atoms with Gasteiger partial charge >= 0.3 is 5.97 Å². The van der Waals surface area contributed by atoms with Crippen LogP contribution >= 0.6 is 0 Å². The Bertz CT molecular complexity index is 1330. The summed E-state index contributed by atoms with van der Waals surface area (Å²) in [5.41, 5.74) is -0.190. The Morgan fingerprint density at radius 3 is 2.17 bits per heavy atom. The highest BCUT2D eigenvalue weighted by atomic mass is 16.5. The molecule has 1 aromatic carbocycles. The number of carbonyl (C=O) groups is 5. The summed E-state index contributed by atoms with van der Waals surface area (Å²) in [6, 6.07) is 5.87. The summed E-state index contributed by atoms with van der Waals surface area (Å²) < 4.78 is 11.8. The normalized spacial score (nSPS) is 19.4. The predicted octanol–water partition coefficient (Wildman–Crippen LogP) is 1.83. The summed E-state index contributed by atoms with van der Waals surface area (Å²) in [6.45, 7) is 10.8. The average molecular weight is 734 g/mol. The predicted molar refractivity (Wildman–Crippen MR) is 197 cm³/mol. The maximum absolute atomic E-state index is 14.1. The van der Waals surface area contributed by atoms with Gasteiger partial charge in [0.15, 0.2) is 0 Å². The number of carbonyl (C=O) groups excluding carboxylic acids is 4. The number of likely N-dealkylation sites (tertiary alicyclic amines) is 1. The van der Waals surface area contributed by atoms with E-state index >= 15 is 0 Å². The maximum Gasteiger partial charge on any atom is 0.326 e. The maximum atomic E-state index is 14.1. The van der Waals surface area contributed by atoms with Gasteiger partial charge in [0, 0.05) is 46.8 Å². The molecule has 1 aromatic rings. The van der Waals surface area contributed by atoms with Crippen molar-refractivity contribution >= 4 is 29.6 Å². The first-order valence-electron chi connectivity index (χ1n) is 18.3. The Labute approximate surface area is 309 Å². The number of likely N-dealkylation sites (N-methyl/N-ethyl adjacent to an activating group) is 2. The molecule has 0 spiro atoms. The second-order valence-electron chi connectivity index (χ2n) is 14.7. The van der Waals surface area contributed by atoms with Gasteiger partial charge in [-0.25, -0.2) is 4.79 Å². The van der Waals surface area contributed by atoms with Crippen LogP contribution in [-0.2, 0) is 39.9 Å². The molecule has 1 aliphatic heterocycles. The van der Waals surface area contributed by atoms with Crippen molar-refractivity contribution in [3.8, 4) is 0 Å². The van der Waals surface area contributed by atoms with E-state index in [4.69, 9.17) is 9.47 Å². The molecule has 52 heavy (non-hydrogen) atoms. The number of nitrogens with zero attached hydrogens (tertiary/aromatic N) is 2. The molecule has 5 N–H and O–H groups in total. The fourth-order valence-corrected chi connectivity index (χ4v) is 6.87. The van der Waals surface area contributed by atoms with Gasteiger partial charge in [0.2, 0.25) is 23.6 Å². The highest BCUT2D eigenvalue weighted by Gasteiger charge is 2.43. The molecule has 9 atom stereocenters. The Hall–Kier alpha value is -3.59. The number of ether oxygens (including phenoxy) is 2. The van der Waals surface area contributed by atoms with Crippen molar-refractivity contribution in [2.45, 2.75) is 116 Å². The largest absolute Gasteiger partial charge is 0.480 e. The van der Waals surface area contributed by atoms with Crippen LogP contribution < -0.4 is 16.0 Å². The number of methoxy groups -OCH3 is 2. The fraction of sp³-hybridized carbons (Fsp3) is 0.711. The highest BCUT2D eigenvalue weighted by Crippen LogP contribution is 2.30. The molecule has 0 aromatic heterocycles. The van der Waals surface area contributed by atoms with Crippen molar-refractivity contribution in [2.75, 3.05) is 41.5 Å². The summed E-state index contributed by atoms with van der Waals surface area (Å²) in [5.74, 6) is -4.15. The number of aliphatic hydroxyl groups excluding tert-OH is 1. The van der Waals surface area contributed by atoms with Crippen molar-refractivity contribution in [1.82, 2.24) is 25.8 Å². The quantitative estimate of drug-likeness (QED) is 0.125. The van der Waals surface area contributed by atoms with E-state index in [2.05, 4.69) is 16.0 Å². The third kappa shape index (κ3) is 11.5. The third-order valence-corrected chi connectivity index (χ3v) is 10.8. The molecule has 1 fully saturated rings. The molecule has 0 bridgehead atoms. The number of aliphatic hydroxyl groups is 1. The zero-order chi connectivity index (χ0) is 39.3. The van der Waals surface area contributed by atoms with Crippen LogP contribution in [0.2, 0.25) is 0 Å². The molecular formula is C38H63N5O9. The van der Waals surface area contributed by atoms with E-state index in [0.717, 1.165) is 5.56 Å². The molecule has 1 saturated heterocycles. The summed E-state index contributed by atoms with van der Waals surface area (Å²) in [5, 5.41) is 28.3. The van der Waals surface area contributed by atoms with Gasteiger partial charge in [-0.05, 0) is 45.2 Å². The van der Waals surface area contributed by atoms with Crippen LogP contribution in [0.1, 0.15) is 72.8 Å². The molecular weight excluding hydrogens is 670 g/mol. The van der Waals surface area contributed by atoms with E-state index in [1.807, 2.05) is 32.0 Å². The minimum Gasteiger partial charge on any atom is -0.480 e. The molecule has 0 saturated carbocycles. The minimum atomic E-state index is -1.15. The van der Waals surface area contributed by atoms with Crippen LogP contribution in [0, 0.1) is 17.8 Å². The molecule has 0 radical (unpaired) electrons. The average Bonchev–Trinajstić information content (AvgIpc) is 3.62. The van der Waals surface area contributed by atoms with Gasteiger partial charge in [-0.15, -0.1) is 0 Å². The number of rotatable bonds is 21. The summed E-state index contributed by atoms with van der Waals surface area (Å²) >= 11 is 0. The Morgan fingerprint density at radius 1 is 1.02 bits per heavy atom. The molecule has 1 aliphatic rings. The van der Waals surface area contributed by atoms with Crippen molar-refractivity contribution < 1.29 is 43.7 Å². The molecule has 294 valence electrons. The highest BCUT2D eigenvalue weighted by molar-refractivity contribution is 5.92. The van der Waals surface area contributed by atoms with Crippen LogP contribution in [0.15, 0.2) is 30.3 Å². The SMILES string of the molecule is CC[C@H](C)[C@@H]([C@@H](CC(=O)N1CCC[C@H]1[C@H](OC)[C@@H](C)C(=O)N[C@@H](Cc1ccccc1)C(=O)O)OC)N(C)C(=O)[C@@H](NC(=O)C(C)(C)NC)C(C)CO. The third-order valence-electron chi connectivity index (χ3n) is 10.8. The van der Waals surface area contributed by atoms with Crippen molar-refractivity contribution in [3.63, 3.8) is 0 Å². The van der Waals surface area contributed by atoms with E-state index < -0.39 is 77.4 Å². The number of amides is 4. The summed E-state index contributed by atoms with van der Waals surface area (Å²) in [6.07, 6.45) is 0.568. The molecule has 14 nitrogen and oxygen atoms in total. The summed E-state index contributed by atoms with van der Waals surface area (Å²) in [7, 11) is 6.25. The lowest BCUT2D eigenvalue weighted by Gasteiger charge is -2.41. The van der Waals surface area contributed by atoms with Gasteiger partial charge < -0.3 is 45.4 Å². The number of carboxylic acid groups (broad SMARTS) is 1. The molecule has 2 rings (SSSR count). The van der Waals surface area contributed by atoms with Gasteiger partial charge in [0.25, 0.3) is 0 Å². The first-order chi connectivity index (χ1) is 24.5. The lowest BCUT2D eigenvalue weighted by Crippen LogP contribution is -2.61. The van der Waals surface area contributed by atoms with Crippen LogP contribution in [0.5, 0.6) is 0 Å². The molecule has 4 amide bonds. The smallest absolute Gasteiger partial charge is 0.326 e. The number of hydrogen-bond donors (Lipinski definition) is 5. The molecule has 1 unspecified atom stereocenters. The molecule has 14 heteroatoms. The minimum absolute atomic E-state index is 0.0613. The van der Waals surface area contributed by atoms with E-state index in [-0.39, 0.29) is 31.3 Å². The molecule has 1 heterocycles. The standard InChI is InChI=1S/C38H63N5O9/c1-11-23(2)32(42(8)35(47)31(24(3)22-44)41-37(50)38(5,6)39-7)29(51-9)21-30(45)43-19-15-18-28(43)33(52-10)25(4)34(46)40-27(36(48)49)20-26-16-13-12-14-17-26/h12-14,16-17,23-25,27-29,31-33,39,44H,11,15,18-22H2,1-10H3,(H,40,46)(H,41,50)(H,48,49)/t23-,24?,25+,27-,28-,29+,31-,32-,33+/m0/s1. The number of benzene rings is 1. The van der Waals surface area contributed by atoms with Gasteiger partial charge in [-0.3, -0.25) is 19.2 Å². The Kier molecular flexibility index (Phi) is 17.7. The summed E-state index contributed by atoms with van der Waals surface area (Å²) in [4.78, 5) is 70.0. The van der Waals surface area contributed by atoms with E-state index in [0.29, 0.717) is 25.8 Å². The van der Waals surface area contributed by atoms with Crippen molar-refractivity contribution in [3.05, 3.63) is 35.9 Å². The number of hydrogen-bond acceptors (Lipinski definition) is 9. The lowest BCUT2D eigenvalue weighted by atomic mass is 9.89. The number of nitrogens with one attached hydrogen (secondary N) is 3. The topological polar surface area (TPSA) is 187 Å². The van der Waals surface area contributed by atoms with Crippen molar-refractivity contribution in [1.29, 1.82) is 0 Å². The lowest BCUT2D eigenvalue weighted by molar-refractivity contribution is -0.148. The fourth-order valence-electron chi connectivity index (χ4n) is 6.87. The van der Waals surface area contributed by atoms with Gasteiger partial charge in [-0.2, -0.15) is 0 Å². The van der Waals surface area contributed by atoms with E-state index in [1.165, 1.54) is 19.1 Å². The zero-order valence-corrected chi connectivity index (χ0v) is 32.7. The first-order valence-corrected chi connectivity index (χ1v) is 18.3. The van der Waals surface area contributed by atoms with E-state index in [1.54, 1.807) is 58.8 Å². The monoisotopic (exact) mass is 733 g/mol. The Morgan fingerprint density at radius 2 is 1.65 bits per heavy atom.